The molecule has 0 aromatic carbocycles. The quantitative estimate of drug-likeness (QED) is 0.744. The fourth-order valence-corrected chi connectivity index (χ4v) is 3.38. The predicted molar refractivity (Wildman–Crippen MR) is 77.4 cm³/mol. The Hall–Kier alpha value is -0.660. The number of piperidine rings is 1. The average Bonchev–Trinajstić information content (AvgIpc) is 2.32. The Balaban J connectivity index is 1.72. The number of ether oxygens (including phenoxy) is 2. The lowest BCUT2D eigenvalue weighted by molar-refractivity contribution is -0.0932. The number of hydrogen-bond donors (Lipinski definition) is 0. The molecule has 2 fully saturated rings. The Morgan fingerprint density at radius 2 is 1.90 bits per heavy atom. The van der Waals surface area contributed by atoms with Crippen LogP contribution < -0.4 is 0 Å². The molecule has 1 aliphatic carbocycles. The van der Waals surface area contributed by atoms with E-state index in [9.17, 15) is 13.6 Å². The van der Waals surface area contributed by atoms with E-state index < -0.39 is 16.7 Å². The van der Waals surface area contributed by atoms with Crippen molar-refractivity contribution in [3.05, 3.63) is 0 Å². The van der Waals surface area contributed by atoms with Gasteiger partial charge in [-0.15, -0.1) is 0 Å². The summed E-state index contributed by atoms with van der Waals surface area (Å²) in [5.74, 6) is -0.217. The smallest absolute Gasteiger partial charge is 0.410 e. The molecule has 2 aliphatic rings. The van der Waals surface area contributed by atoms with Crippen LogP contribution in [0.15, 0.2) is 0 Å². The van der Waals surface area contributed by atoms with Crippen molar-refractivity contribution in [2.24, 2.45) is 5.41 Å². The summed E-state index contributed by atoms with van der Waals surface area (Å²) in [6.45, 7) is 7.00. The third-order valence-corrected chi connectivity index (χ3v) is 4.53. The summed E-state index contributed by atoms with van der Waals surface area (Å²) in [5, 5.41) is 0. The van der Waals surface area contributed by atoms with Crippen molar-refractivity contribution < 1.29 is 23.0 Å². The van der Waals surface area contributed by atoms with Gasteiger partial charge in [-0.1, -0.05) is 0 Å². The second-order valence-electron chi connectivity index (χ2n) is 7.09. The van der Waals surface area contributed by atoms with Crippen LogP contribution in [-0.2, 0) is 20.6 Å². The van der Waals surface area contributed by atoms with Crippen LogP contribution >= 0.6 is 0 Å². The zero-order chi connectivity index (χ0) is 15.7. The molecule has 1 unspecified atom stereocenters. The van der Waals surface area contributed by atoms with Gasteiger partial charge in [-0.05, 0) is 62.9 Å². The van der Waals surface area contributed by atoms with Crippen LogP contribution in [0.4, 0.5) is 4.79 Å². The van der Waals surface area contributed by atoms with Gasteiger partial charge in [0, 0.05) is 13.1 Å². The number of hydrogen-bond acceptors (Lipinski definition) is 5. The maximum atomic E-state index is 12.0. The van der Waals surface area contributed by atoms with Crippen LogP contribution in [0.5, 0.6) is 0 Å². The van der Waals surface area contributed by atoms with E-state index >= 15 is 0 Å². The zero-order valence-corrected chi connectivity index (χ0v) is 13.7. The van der Waals surface area contributed by atoms with E-state index in [1.807, 2.05) is 20.8 Å². The van der Waals surface area contributed by atoms with E-state index in [1.165, 1.54) is 0 Å². The van der Waals surface area contributed by atoms with Gasteiger partial charge in [-0.3, -0.25) is 4.21 Å². The number of carbonyl (C=O) groups is 1. The Labute approximate surface area is 128 Å². The zero-order valence-electron chi connectivity index (χ0n) is 12.9. The van der Waals surface area contributed by atoms with Crippen LogP contribution in [0.1, 0.15) is 46.5 Å². The van der Waals surface area contributed by atoms with Crippen LogP contribution in [0.2, 0.25) is 0 Å². The maximum Gasteiger partial charge on any atom is 0.410 e. The summed E-state index contributed by atoms with van der Waals surface area (Å²) < 4.78 is 31.6. The molecule has 1 atom stereocenters. The van der Waals surface area contributed by atoms with E-state index in [0.29, 0.717) is 13.1 Å². The van der Waals surface area contributed by atoms with Crippen LogP contribution in [0, 0.1) is 5.41 Å². The van der Waals surface area contributed by atoms with Crippen molar-refractivity contribution in [3.8, 4) is 0 Å². The molecule has 1 spiro atoms. The monoisotopic (exact) mass is 318 g/mol. The Morgan fingerprint density at radius 3 is 2.38 bits per heavy atom. The highest BCUT2D eigenvalue weighted by atomic mass is 32.2. The van der Waals surface area contributed by atoms with Crippen molar-refractivity contribution in [1.29, 1.82) is 0 Å². The Bertz CT molecular complexity index is 404. The average molecular weight is 318 g/mol. The minimum Gasteiger partial charge on any atom is -0.771 e. The van der Waals surface area contributed by atoms with Gasteiger partial charge in [-0.25, -0.2) is 4.79 Å². The molecule has 0 N–H and O–H groups in total. The van der Waals surface area contributed by atoms with Crippen molar-refractivity contribution >= 4 is 17.2 Å². The van der Waals surface area contributed by atoms with Crippen LogP contribution in [0.25, 0.3) is 0 Å². The first-order valence-corrected chi connectivity index (χ1v) is 8.59. The lowest BCUT2D eigenvalue weighted by Gasteiger charge is -2.51. The van der Waals surface area contributed by atoms with Crippen molar-refractivity contribution in [2.45, 2.75) is 58.2 Å². The molecule has 0 aromatic heterocycles. The molecule has 2 rings (SSSR count). The minimum absolute atomic E-state index is 0.0518. The molecule has 0 bridgehead atoms. The number of nitrogens with zero attached hydrogens (tertiary/aromatic N) is 1. The first kappa shape index (κ1) is 16.7. The molecule has 1 amide bonds. The molecule has 1 saturated carbocycles. The highest BCUT2D eigenvalue weighted by Crippen LogP contribution is 2.50. The highest BCUT2D eigenvalue weighted by molar-refractivity contribution is 7.78. The van der Waals surface area contributed by atoms with Gasteiger partial charge >= 0.3 is 6.09 Å². The Morgan fingerprint density at radius 1 is 1.33 bits per heavy atom. The second kappa shape index (κ2) is 6.22. The standard InChI is InChI=1S/C14H25NO5S/c1-13(2,3)20-12(16)15-6-4-14(5-7-15)8-11(9-14)19-10-21(17)18/h11H,4-10H2,1-3H3,(H,17,18)/p-1. The van der Waals surface area contributed by atoms with Crippen molar-refractivity contribution in [1.82, 2.24) is 4.90 Å². The molecule has 0 aromatic rings. The van der Waals surface area contributed by atoms with Crippen molar-refractivity contribution in [2.75, 3.05) is 19.0 Å². The highest BCUT2D eigenvalue weighted by Gasteiger charge is 2.47. The molecule has 122 valence electrons. The summed E-state index contributed by atoms with van der Waals surface area (Å²) in [4.78, 5) is 13.7. The second-order valence-corrected chi connectivity index (χ2v) is 7.93. The molecular weight excluding hydrogens is 294 g/mol. The predicted octanol–water partition coefficient (Wildman–Crippen LogP) is 2.02. The van der Waals surface area contributed by atoms with Gasteiger partial charge in [0.1, 0.15) is 11.5 Å². The topological polar surface area (TPSA) is 78.9 Å². The van der Waals surface area contributed by atoms with E-state index in [2.05, 4.69) is 0 Å². The van der Waals surface area contributed by atoms with Gasteiger partial charge < -0.3 is 18.9 Å². The first-order chi connectivity index (χ1) is 9.69. The van der Waals surface area contributed by atoms with Crippen LogP contribution in [-0.4, -0.2) is 50.5 Å². The van der Waals surface area contributed by atoms with Crippen LogP contribution in [0.3, 0.4) is 0 Å². The molecule has 1 saturated heterocycles. The molecule has 1 aliphatic heterocycles. The molecular formula is C14H24NO5S-. The lowest BCUT2D eigenvalue weighted by Crippen LogP contribution is -2.51. The van der Waals surface area contributed by atoms with E-state index in [1.54, 1.807) is 4.90 Å². The van der Waals surface area contributed by atoms with Gasteiger partial charge in [-0.2, -0.15) is 0 Å². The number of amides is 1. The fourth-order valence-electron chi connectivity index (χ4n) is 3.07. The lowest BCUT2D eigenvalue weighted by atomic mass is 9.61. The summed E-state index contributed by atoms with van der Waals surface area (Å²) >= 11 is -2.13. The Kier molecular flexibility index (Phi) is 4.95. The van der Waals surface area contributed by atoms with Crippen molar-refractivity contribution in [3.63, 3.8) is 0 Å². The molecule has 1 heterocycles. The SMILES string of the molecule is CC(C)(C)OC(=O)N1CCC2(CC1)CC(OCS(=O)[O-])C2. The maximum absolute atomic E-state index is 12.0. The van der Waals surface area contributed by atoms with Gasteiger partial charge in [0.05, 0.1) is 6.10 Å². The van der Waals surface area contributed by atoms with Gasteiger partial charge in [0.15, 0.2) is 0 Å². The fraction of sp³-hybridized carbons (Fsp3) is 0.929. The largest absolute Gasteiger partial charge is 0.771 e. The minimum atomic E-state index is -2.13. The van der Waals surface area contributed by atoms with E-state index in [0.717, 1.165) is 25.7 Å². The number of rotatable bonds is 3. The summed E-state index contributed by atoms with van der Waals surface area (Å²) in [7, 11) is 0. The first-order valence-electron chi connectivity index (χ1n) is 7.35. The van der Waals surface area contributed by atoms with Gasteiger partial charge in [0.25, 0.3) is 0 Å². The van der Waals surface area contributed by atoms with E-state index in [-0.39, 0.29) is 23.6 Å². The normalized spacial score (nSPS) is 23.7. The number of likely N-dealkylation sites (tertiary alicyclic amines) is 1. The van der Waals surface area contributed by atoms with Gasteiger partial charge in [0.2, 0.25) is 0 Å². The molecule has 7 heteroatoms. The third kappa shape index (κ3) is 4.66. The molecule has 6 nitrogen and oxygen atoms in total. The summed E-state index contributed by atoms with van der Waals surface area (Å²) in [6.07, 6.45) is 3.47. The molecule has 21 heavy (non-hydrogen) atoms. The summed E-state index contributed by atoms with van der Waals surface area (Å²) in [6, 6.07) is 0. The van der Waals surface area contributed by atoms with E-state index in [4.69, 9.17) is 9.47 Å². The number of carbonyl (C=O) groups excluding carboxylic acids is 1. The molecule has 0 radical (unpaired) electrons. The third-order valence-electron chi connectivity index (χ3n) is 4.20. The summed E-state index contributed by atoms with van der Waals surface area (Å²) in [5.41, 5.74) is -0.233.